The molecule has 1 aromatic rings. The first-order valence-corrected chi connectivity index (χ1v) is 7.12. The van der Waals surface area contributed by atoms with Gasteiger partial charge in [-0.15, -0.1) is 0 Å². The molecule has 2 aliphatic carbocycles. The molecule has 0 radical (unpaired) electrons. The molecule has 1 spiro atoms. The Balaban J connectivity index is 2.04. The van der Waals surface area contributed by atoms with Crippen LogP contribution in [0.15, 0.2) is 18.2 Å². The molecular formula is C16H19FO2. The lowest BCUT2D eigenvalue weighted by Crippen LogP contribution is -2.38. The normalized spacial score (nSPS) is 24.4. The van der Waals surface area contributed by atoms with Crippen LogP contribution in [0.4, 0.5) is 4.39 Å². The molecule has 0 bridgehead atoms. The van der Waals surface area contributed by atoms with E-state index in [0.717, 1.165) is 44.1 Å². The zero-order valence-corrected chi connectivity index (χ0v) is 11.0. The number of carboxylic acid groups (broad SMARTS) is 1. The van der Waals surface area contributed by atoms with Crippen molar-refractivity contribution in [2.75, 3.05) is 0 Å². The lowest BCUT2D eigenvalue weighted by Gasteiger charge is -2.43. The molecule has 0 saturated heterocycles. The quantitative estimate of drug-likeness (QED) is 0.882. The Morgan fingerprint density at radius 3 is 2.79 bits per heavy atom. The molecule has 3 rings (SSSR count). The maximum absolute atomic E-state index is 13.4. The van der Waals surface area contributed by atoms with Crippen LogP contribution in [0.25, 0.3) is 0 Å². The molecule has 2 aliphatic rings. The summed E-state index contributed by atoms with van der Waals surface area (Å²) in [5, 5.41) is 9.14. The molecule has 0 aromatic heterocycles. The number of hydrogen-bond acceptors (Lipinski definition) is 1. The maximum Gasteiger partial charge on any atom is 0.303 e. The minimum absolute atomic E-state index is 0.000324. The van der Waals surface area contributed by atoms with Crippen molar-refractivity contribution in [3.05, 3.63) is 35.1 Å². The number of aliphatic carboxylic acids is 1. The molecule has 1 fully saturated rings. The molecule has 1 unspecified atom stereocenters. The van der Waals surface area contributed by atoms with Gasteiger partial charge in [0.1, 0.15) is 5.82 Å². The molecule has 1 aromatic carbocycles. The molecule has 0 amide bonds. The van der Waals surface area contributed by atoms with Gasteiger partial charge in [-0.25, -0.2) is 4.39 Å². The van der Waals surface area contributed by atoms with Crippen LogP contribution in [-0.4, -0.2) is 11.1 Å². The van der Waals surface area contributed by atoms with E-state index >= 15 is 0 Å². The van der Waals surface area contributed by atoms with E-state index in [-0.39, 0.29) is 23.6 Å². The van der Waals surface area contributed by atoms with Gasteiger partial charge in [-0.05, 0) is 60.3 Å². The van der Waals surface area contributed by atoms with Gasteiger partial charge in [0.05, 0.1) is 0 Å². The summed E-state index contributed by atoms with van der Waals surface area (Å²) in [5.74, 6) is -0.670. The van der Waals surface area contributed by atoms with E-state index in [0.29, 0.717) is 0 Å². The fraction of sp³-hybridized carbons (Fsp3) is 0.562. The number of carboxylic acids is 1. The van der Waals surface area contributed by atoms with Crippen LogP contribution in [0.3, 0.4) is 0 Å². The second-order valence-corrected chi connectivity index (χ2v) is 6.00. The number of benzene rings is 1. The van der Waals surface area contributed by atoms with Gasteiger partial charge in [0.15, 0.2) is 0 Å². The third kappa shape index (κ3) is 2.05. The Morgan fingerprint density at radius 1 is 1.37 bits per heavy atom. The average molecular weight is 262 g/mol. The highest BCUT2D eigenvalue weighted by atomic mass is 19.1. The van der Waals surface area contributed by atoms with E-state index in [9.17, 15) is 9.18 Å². The van der Waals surface area contributed by atoms with Crippen molar-refractivity contribution >= 4 is 5.97 Å². The summed E-state index contributed by atoms with van der Waals surface area (Å²) < 4.78 is 13.4. The predicted octanol–water partition coefficient (Wildman–Crippen LogP) is 3.67. The molecule has 0 aliphatic heterocycles. The Morgan fingerprint density at radius 2 is 2.11 bits per heavy atom. The van der Waals surface area contributed by atoms with Crippen LogP contribution in [0.5, 0.6) is 0 Å². The smallest absolute Gasteiger partial charge is 0.303 e. The topological polar surface area (TPSA) is 37.3 Å². The van der Waals surface area contributed by atoms with Gasteiger partial charge in [-0.3, -0.25) is 4.79 Å². The molecule has 1 saturated carbocycles. The highest BCUT2D eigenvalue weighted by Gasteiger charge is 2.46. The Labute approximate surface area is 112 Å². The minimum Gasteiger partial charge on any atom is -0.481 e. The minimum atomic E-state index is -0.707. The maximum atomic E-state index is 13.4. The third-order valence-electron chi connectivity index (χ3n) is 5.06. The molecule has 3 heteroatoms. The number of rotatable bonds is 2. The predicted molar refractivity (Wildman–Crippen MR) is 70.6 cm³/mol. The van der Waals surface area contributed by atoms with Crippen LogP contribution >= 0.6 is 0 Å². The number of carbonyl (C=O) groups is 1. The monoisotopic (exact) mass is 262 g/mol. The Bertz CT molecular complexity index is 503. The zero-order valence-electron chi connectivity index (χ0n) is 11.0. The van der Waals surface area contributed by atoms with Crippen LogP contribution < -0.4 is 0 Å². The second-order valence-electron chi connectivity index (χ2n) is 6.00. The van der Waals surface area contributed by atoms with Crippen molar-refractivity contribution < 1.29 is 14.3 Å². The zero-order chi connectivity index (χ0) is 13.5. The first-order chi connectivity index (χ1) is 9.12. The van der Waals surface area contributed by atoms with Crippen molar-refractivity contribution in [1.29, 1.82) is 0 Å². The SMILES string of the molecule is O=C(O)CC1CCc2cc(F)ccc2C12CCCC2. The van der Waals surface area contributed by atoms with Gasteiger partial charge in [0, 0.05) is 6.42 Å². The van der Waals surface area contributed by atoms with Crippen molar-refractivity contribution in [2.24, 2.45) is 5.92 Å². The molecule has 1 N–H and O–H groups in total. The van der Waals surface area contributed by atoms with Crippen molar-refractivity contribution in [3.63, 3.8) is 0 Å². The molecule has 102 valence electrons. The van der Waals surface area contributed by atoms with Crippen molar-refractivity contribution in [1.82, 2.24) is 0 Å². The van der Waals surface area contributed by atoms with E-state index < -0.39 is 5.97 Å². The largest absolute Gasteiger partial charge is 0.481 e. The molecular weight excluding hydrogens is 243 g/mol. The second kappa shape index (κ2) is 4.62. The van der Waals surface area contributed by atoms with Gasteiger partial charge in [-0.1, -0.05) is 18.9 Å². The molecule has 1 atom stereocenters. The fourth-order valence-corrected chi connectivity index (χ4v) is 4.27. The van der Waals surface area contributed by atoms with E-state index in [1.165, 1.54) is 11.6 Å². The molecule has 2 nitrogen and oxygen atoms in total. The summed E-state index contributed by atoms with van der Waals surface area (Å²) >= 11 is 0. The molecule has 19 heavy (non-hydrogen) atoms. The standard InChI is InChI=1S/C16H19FO2/c17-13-5-6-14-11(9-13)3-4-12(10-15(18)19)16(14)7-1-2-8-16/h5-6,9,12H,1-4,7-8,10H2,(H,18,19). The summed E-state index contributed by atoms with van der Waals surface area (Å²) in [6.45, 7) is 0. The lowest BCUT2D eigenvalue weighted by atomic mass is 9.61. The van der Waals surface area contributed by atoms with E-state index in [2.05, 4.69) is 0 Å². The molecule has 0 heterocycles. The van der Waals surface area contributed by atoms with Gasteiger partial charge < -0.3 is 5.11 Å². The van der Waals surface area contributed by atoms with Crippen molar-refractivity contribution in [3.8, 4) is 0 Å². The van der Waals surface area contributed by atoms with E-state index in [4.69, 9.17) is 5.11 Å². The van der Waals surface area contributed by atoms with Crippen LogP contribution in [0.1, 0.15) is 49.7 Å². The summed E-state index contributed by atoms with van der Waals surface area (Å²) in [5.41, 5.74) is 2.33. The lowest BCUT2D eigenvalue weighted by molar-refractivity contribution is -0.139. The summed E-state index contributed by atoms with van der Waals surface area (Å²) in [6.07, 6.45) is 6.37. The van der Waals surface area contributed by atoms with Gasteiger partial charge >= 0.3 is 5.97 Å². The third-order valence-corrected chi connectivity index (χ3v) is 5.06. The van der Waals surface area contributed by atoms with Gasteiger partial charge in [-0.2, -0.15) is 0 Å². The first-order valence-electron chi connectivity index (χ1n) is 7.12. The van der Waals surface area contributed by atoms with Gasteiger partial charge in [0.25, 0.3) is 0 Å². The summed E-state index contributed by atoms with van der Waals surface area (Å²) in [7, 11) is 0. The summed E-state index contributed by atoms with van der Waals surface area (Å²) in [6, 6.07) is 5.08. The highest BCUT2D eigenvalue weighted by Crippen LogP contribution is 2.53. The Hall–Kier alpha value is -1.38. The fourth-order valence-electron chi connectivity index (χ4n) is 4.27. The van der Waals surface area contributed by atoms with Gasteiger partial charge in [0.2, 0.25) is 0 Å². The summed E-state index contributed by atoms with van der Waals surface area (Å²) in [4.78, 5) is 11.1. The number of hydrogen-bond donors (Lipinski definition) is 1. The van der Waals surface area contributed by atoms with E-state index in [1.807, 2.05) is 6.07 Å². The highest BCUT2D eigenvalue weighted by molar-refractivity contribution is 5.67. The number of halogens is 1. The average Bonchev–Trinajstić information content (AvgIpc) is 2.83. The van der Waals surface area contributed by atoms with Crippen molar-refractivity contribution in [2.45, 2.75) is 50.4 Å². The van der Waals surface area contributed by atoms with Crippen LogP contribution in [-0.2, 0) is 16.6 Å². The Kier molecular flexibility index (Phi) is 3.08. The van der Waals surface area contributed by atoms with Crippen LogP contribution in [0.2, 0.25) is 0 Å². The van der Waals surface area contributed by atoms with E-state index in [1.54, 1.807) is 6.07 Å². The van der Waals surface area contributed by atoms with Crippen LogP contribution in [0, 0.1) is 11.7 Å². The number of aryl methyl sites for hydroxylation is 1. The first kappa shape index (κ1) is 12.6. The number of fused-ring (bicyclic) bond motifs is 2.